The molecule has 0 bridgehead atoms. The van der Waals surface area contributed by atoms with Gasteiger partial charge in [0.15, 0.2) is 0 Å². The van der Waals surface area contributed by atoms with E-state index in [0.717, 1.165) is 25.7 Å². The Labute approximate surface area is 371 Å². The fraction of sp³-hybridized carbons (Fsp3) is 0.333. The van der Waals surface area contributed by atoms with Crippen LogP contribution in [0.5, 0.6) is 0 Å². The third-order valence-corrected chi connectivity index (χ3v) is 8.68. The summed E-state index contributed by atoms with van der Waals surface area (Å²) in [4.78, 5) is 0. The molecule has 4 aliphatic rings. The molecule has 4 aromatic carbocycles. The monoisotopic (exact) mass is 1120 g/mol. The summed E-state index contributed by atoms with van der Waals surface area (Å²) in [5.41, 5.74) is 14.3. The maximum atomic E-state index is 3.40. The average Bonchev–Trinajstić information content (AvgIpc) is 3.96. The van der Waals surface area contributed by atoms with Gasteiger partial charge in [0, 0.05) is 0 Å². The van der Waals surface area contributed by atoms with Crippen molar-refractivity contribution in [2.24, 2.45) is 11.8 Å². The van der Waals surface area contributed by atoms with Gasteiger partial charge in [0.05, 0.1) is 0 Å². The van der Waals surface area contributed by atoms with Gasteiger partial charge in [-0.25, -0.2) is 23.3 Å². The molecule has 0 aliphatic heterocycles. The van der Waals surface area contributed by atoms with Crippen LogP contribution in [0, 0.1) is 36.1 Å². The van der Waals surface area contributed by atoms with Crippen LogP contribution in [0.4, 0.5) is 0 Å². The normalized spacial score (nSPS) is 15.2. The molecular formula is C48H58Cl2Hf2Si2. The van der Waals surface area contributed by atoms with Crippen LogP contribution in [0.25, 0.3) is 22.3 Å². The SMILES string of the molecule is CCC1=[C-]C(CC)C=C1.CCC1=[C-]C(CC)C=C1.C[Si](C)=[Hf+2].C[Si](C)=[Hf+2].Cl.Cl.[c-]1cccc2c1Cc1ccccc1-2.[c-]1cccc2c1Cc1ccccc1-2. The second-order valence-corrected chi connectivity index (χ2v) is 39.1. The van der Waals surface area contributed by atoms with Crippen molar-refractivity contribution in [3.63, 3.8) is 0 Å². The van der Waals surface area contributed by atoms with E-state index in [1.165, 1.54) is 114 Å². The van der Waals surface area contributed by atoms with Gasteiger partial charge in [0.2, 0.25) is 0 Å². The first-order valence-electron chi connectivity index (χ1n) is 18.9. The molecule has 280 valence electrons. The van der Waals surface area contributed by atoms with Gasteiger partial charge < -0.3 is 0 Å². The van der Waals surface area contributed by atoms with Crippen molar-refractivity contribution in [2.75, 3.05) is 0 Å². The molecule has 0 spiro atoms. The van der Waals surface area contributed by atoms with E-state index in [-0.39, 0.29) is 35.8 Å². The smallest absolute Gasteiger partial charge is 0.0253 e. The van der Waals surface area contributed by atoms with Crippen LogP contribution in [-0.4, -0.2) is 11.0 Å². The average molecular weight is 1120 g/mol. The summed E-state index contributed by atoms with van der Waals surface area (Å²) in [6.07, 6.45) is 22.4. The van der Waals surface area contributed by atoms with E-state index in [1.807, 2.05) is 12.1 Å². The zero-order chi connectivity index (χ0) is 37.9. The summed E-state index contributed by atoms with van der Waals surface area (Å²) in [5, 5.41) is 0. The van der Waals surface area contributed by atoms with Crippen molar-refractivity contribution < 1.29 is 46.0 Å². The Morgan fingerprint density at radius 3 is 1.17 bits per heavy atom. The molecule has 8 rings (SSSR count). The number of benzene rings is 4. The van der Waals surface area contributed by atoms with Crippen LogP contribution in [0.3, 0.4) is 0 Å². The molecular weight excluding hydrogens is 1060 g/mol. The molecule has 0 heterocycles. The molecule has 0 fully saturated rings. The molecule has 0 saturated heterocycles. The number of hydrogen-bond acceptors (Lipinski definition) is 0. The molecule has 0 N–H and O–H groups in total. The predicted molar refractivity (Wildman–Crippen MR) is 236 cm³/mol. The maximum Gasteiger partial charge on any atom is -0.0253 e. The summed E-state index contributed by atoms with van der Waals surface area (Å²) >= 11 is 2.90. The first-order valence-corrected chi connectivity index (χ1v) is 34.7. The van der Waals surface area contributed by atoms with E-state index < -0.39 is 0 Å². The van der Waals surface area contributed by atoms with E-state index in [9.17, 15) is 0 Å². The van der Waals surface area contributed by atoms with Crippen molar-refractivity contribution >= 4 is 35.8 Å². The number of allylic oxidation sites excluding steroid dienone is 8. The van der Waals surface area contributed by atoms with Gasteiger partial charge in [0.25, 0.3) is 0 Å². The van der Waals surface area contributed by atoms with Crippen LogP contribution in [0.2, 0.25) is 26.2 Å². The Morgan fingerprint density at radius 2 is 0.870 bits per heavy atom. The molecule has 0 saturated carbocycles. The van der Waals surface area contributed by atoms with Gasteiger partial charge in [-0.05, 0) is 12.8 Å². The first-order chi connectivity index (χ1) is 25.1. The Hall–Kier alpha value is -1.41. The maximum absolute atomic E-state index is 3.40. The molecule has 4 aromatic rings. The molecule has 4 aliphatic carbocycles. The molecule has 2 atom stereocenters. The van der Waals surface area contributed by atoms with E-state index in [1.54, 1.807) is 0 Å². The minimum atomic E-state index is 0. The Balaban J connectivity index is 0.000000338. The number of fused-ring (bicyclic) bond motifs is 6. The topological polar surface area (TPSA) is 0 Å². The molecule has 0 aromatic heterocycles. The molecule has 6 heteroatoms. The summed E-state index contributed by atoms with van der Waals surface area (Å²) in [6, 6.07) is 36.2. The van der Waals surface area contributed by atoms with Crippen molar-refractivity contribution in [2.45, 2.75) is 92.4 Å². The Kier molecular flexibility index (Phi) is 26.3. The van der Waals surface area contributed by atoms with Crippen LogP contribution >= 0.6 is 24.8 Å². The molecule has 0 nitrogen and oxygen atoms in total. The zero-order valence-electron chi connectivity index (χ0n) is 33.6. The quantitative estimate of drug-likeness (QED) is 0.122. The van der Waals surface area contributed by atoms with Gasteiger partial charge >= 0.3 is 83.2 Å². The van der Waals surface area contributed by atoms with E-state index >= 15 is 0 Å². The summed E-state index contributed by atoms with van der Waals surface area (Å²) < 4.78 is 0. The number of halogens is 2. The standard InChI is InChI=1S/2C13H9.2C9H13.2C2H6Si.2ClH.2Hf/c2*1-3-7-12-10(5-1)9-11-6-2-4-8-13(11)12;2*1-3-8-5-6-9(4-2)7-8;2*1-3-2;;;;/h2*1-5,7-8H,9H2;2*5-6,8H,3-4H2,1-2H3;2*1-2H3;2*1H;;/q4*-1;;;;;2*+2. The molecule has 0 amide bonds. The van der Waals surface area contributed by atoms with Crippen molar-refractivity contribution in [1.29, 1.82) is 0 Å². The predicted octanol–water partition coefficient (Wildman–Crippen LogP) is 14.0. The van der Waals surface area contributed by atoms with E-state index in [4.69, 9.17) is 0 Å². The molecule has 0 radical (unpaired) electrons. The van der Waals surface area contributed by atoms with E-state index in [0.29, 0.717) is 11.8 Å². The van der Waals surface area contributed by atoms with Crippen LogP contribution in [0.15, 0.2) is 120 Å². The first kappa shape index (κ1) is 50.6. The third-order valence-electron chi connectivity index (χ3n) is 8.68. The van der Waals surface area contributed by atoms with Crippen molar-refractivity contribution in [1.82, 2.24) is 0 Å². The van der Waals surface area contributed by atoms with Gasteiger partial charge in [-0.2, -0.15) is 71.8 Å². The van der Waals surface area contributed by atoms with Gasteiger partial charge in [-0.1, -0.05) is 136 Å². The third kappa shape index (κ3) is 17.4. The molecule has 2 unspecified atom stereocenters. The number of hydrogen-bond donors (Lipinski definition) is 0. The largest absolute Gasteiger partial charge is 0.179 e. The summed E-state index contributed by atoms with van der Waals surface area (Å²) in [7, 11) is 0. The minimum Gasteiger partial charge on any atom is -0.179 e. The van der Waals surface area contributed by atoms with Crippen molar-refractivity contribution in [3.8, 4) is 22.3 Å². The van der Waals surface area contributed by atoms with Gasteiger partial charge in [0.1, 0.15) is 0 Å². The zero-order valence-corrected chi connectivity index (χ0v) is 44.4. The fourth-order valence-corrected chi connectivity index (χ4v) is 6.04. The second-order valence-electron chi connectivity index (χ2n) is 13.6. The summed E-state index contributed by atoms with van der Waals surface area (Å²) in [6.45, 7) is 18.1. The van der Waals surface area contributed by atoms with Crippen LogP contribution < -0.4 is 0 Å². The summed E-state index contributed by atoms with van der Waals surface area (Å²) in [5.74, 6) is 1.22. The Bertz CT molecular complexity index is 1660. The van der Waals surface area contributed by atoms with E-state index in [2.05, 4.69) is 175 Å². The Morgan fingerprint density at radius 1 is 0.537 bits per heavy atom. The van der Waals surface area contributed by atoms with Gasteiger partial charge in [-0.15, -0.1) is 35.9 Å². The van der Waals surface area contributed by atoms with Gasteiger partial charge in [-0.3, -0.25) is 12.2 Å². The second kappa shape index (κ2) is 28.1. The van der Waals surface area contributed by atoms with Crippen molar-refractivity contribution in [3.05, 3.63) is 167 Å². The molecule has 54 heavy (non-hydrogen) atoms. The minimum absolute atomic E-state index is 0. The fourth-order valence-electron chi connectivity index (χ4n) is 6.04. The van der Waals surface area contributed by atoms with Crippen LogP contribution in [-0.2, 0) is 58.8 Å². The number of rotatable bonds is 4. The van der Waals surface area contributed by atoms with Crippen LogP contribution in [0.1, 0.15) is 75.6 Å².